The number of carboxylic acid groups (broad SMARTS) is 1. The predicted molar refractivity (Wildman–Crippen MR) is 71.5 cm³/mol. The van der Waals surface area contributed by atoms with Gasteiger partial charge in [0, 0.05) is 6.54 Å². The molecule has 0 bridgehead atoms. The van der Waals surface area contributed by atoms with Gasteiger partial charge in [-0.2, -0.15) is 0 Å². The fraction of sp³-hybridized carbons (Fsp3) is 0.727. The van der Waals surface area contributed by atoms with E-state index in [9.17, 15) is 9.59 Å². The number of hydrogen-bond donors (Lipinski definition) is 2. The molecule has 0 amide bonds. The van der Waals surface area contributed by atoms with E-state index in [2.05, 4.69) is 15.1 Å². The minimum absolute atomic E-state index is 0.0869. The molecule has 2 heterocycles. The Bertz CT molecular complexity index is 479. The second-order valence-corrected chi connectivity index (χ2v) is 5.49. The van der Waals surface area contributed by atoms with E-state index in [1.807, 2.05) is 0 Å². The van der Waals surface area contributed by atoms with E-state index in [-0.39, 0.29) is 11.4 Å². The summed E-state index contributed by atoms with van der Waals surface area (Å²) in [6.07, 6.45) is 3.39. The molecule has 0 spiro atoms. The third kappa shape index (κ3) is 4.10. The number of nitrogens with zero attached hydrogens (tertiary/aromatic N) is 3. The van der Waals surface area contributed by atoms with Crippen LogP contribution in [0.15, 0.2) is 9.95 Å². The molecule has 19 heavy (non-hydrogen) atoms. The number of H-pyrrole nitrogens is 1. The number of thioether (sulfide) groups is 1. The molecule has 2 N–H and O–H groups in total. The van der Waals surface area contributed by atoms with E-state index in [1.165, 1.54) is 17.4 Å². The summed E-state index contributed by atoms with van der Waals surface area (Å²) in [5.74, 6) is -1.000. The topological polar surface area (TPSA) is 91.2 Å². The summed E-state index contributed by atoms with van der Waals surface area (Å²) in [6, 6.07) is 0. The van der Waals surface area contributed by atoms with E-state index in [0.29, 0.717) is 11.7 Å². The van der Waals surface area contributed by atoms with Crippen LogP contribution >= 0.6 is 11.8 Å². The molecule has 0 atom stereocenters. The zero-order chi connectivity index (χ0) is 13.7. The Balaban J connectivity index is 1.85. The van der Waals surface area contributed by atoms with Crippen molar-refractivity contribution in [2.75, 3.05) is 25.4 Å². The van der Waals surface area contributed by atoms with Crippen molar-refractivity contribution in [3.05, 3.63) is 10.5 Å². The van der Waals surface area contributed by atoms with Crippen LogP contribution in [0.2, 0.25) is 0 Å². The molecule has 1 aliphatic heterocycles. The lowest BCUT2D eigenvalue weighted by Gasteiger charge is -2.14. The number of aromatic nitrogens is 3. The number of likely N-dealkylation sites (tertiary alicyclic amines) is 1. The van der Waals surface area contributed by atoms with Gasteiger partial charge in [-0.15, -0.1) is 5.10 Å². The fourth-order valence-corrected chi connectivity index (χ4v) is 2.89. The zero-order valence-corrected chi connectivity index (χ0v) is 11.5. The number of carboxylic acids is 1. The van der Waals surface area contributed by atoms with Gasteiger partial charge < -0.3 is 10.0 Å². The highest BCUT2D eigenvalue weighted by Crippen LogP contribution is 2.13. The van der Waals surface area contributed by atoms with Gasteiger partial charge in [0.05, 0.1) is 5.75 Å². The first-order valence-electron chi connectivity index (χ1n) is 6.39. The largest absolute Gasteiger partial charge is 0.481 e. The second kappa shape index (κ2) is 6.76. The molecule has 0 saturated carbocycles. The van der Waals surface area contributed by atoms with Gasteiger partial charge in [0.15, 0.2) is 5.16 Å². The molecular formula is C11H18N4O3S. The molecule has 2 rings (SSSR count). The average molecular weight is 286 g/mol. The van der Waals surface area contributed by atoms with Crippen molar-refractivity contribution in [1.82, 2.24) is 19.7 Å². The standard InChI is InChI=1S/C11H18N4O3S/c16-9(17)8-19-11-13-12-10(18)15(11)7-3-6-14-4-1-2-5-14/h1-8H2,(H,12,18)(H,16,17). The van der Waals surface area contributed by atoms with Crippen molar-refractivity contribution in [3.63, 3.8) is 0 Å². The maximum atomic E-state index is 11.6. The molecule has 1 aliphatic rings. The van der Waals surface area contributed by atoms with Crippen LogP contribution in [0.25, 0.3) is 0 Å². The third-order valence-electron chi connectivity index (χ3n) is 3.10. The molecule has 1 saturated heterocycles. The number of aliphatic carboxylic acids is 1. The van der Waals surface area contributed by atoms with E-state index < -0.39 is 5.97 Å². The number of carbonyl (C=O) groups is 1. The Morgan fingerprint density at radius 3 is 2.79 bits per heavy atom. The van der Waals surface area contributed by atoms with Crippen LogP contribution in [-0.2, 0) is 11.3 Å². The molecule has 0 aromatic carbocycles. The lowest BCUT2D eigenvalue weighted by atomic mass is 10.4. The summed E-state index contributed by atoms with van der Waals surface area (Å²) in [5, 5.41) is 15.3. The molecular weight excluding hydrogens is 268 g/mol. The van der Waals surface area contributed by atoms with Crippen LogP contribution in [0.4, 0.5) is 0 Å². The Morgan fingerprint density at radius 2 is 2.11 bits per heavy atom. The molecule has 7 nitrogen and oxygen atoms in total. The van der Waals surface area contributed by atoms with Crippen LogP contribution in [0.3, 0.4) is 0 Å². The van der Waals surface area contributed by atoms with Crippen LogP contribution in [-0.4, -0.2) is 56.1 Å². The summed E-state index contributed by atoms with van der Waals surface area (Å²) in [7, 11) is 0. The van der Waals surface area contributed by atoms with Gasteiger partial charge in [0.25, 0.3) is 0 Å². The second-order valence-electron chi connectivity index (χ2n) is 4.55. The Hall–Kier alpha value is -1.28. The van der Waals surface area contributed by atoms with Gasteiger partial charge in [-0.3, -0.25) is 9.36 Å². The SMILES string of the molecule is O=C(O)CSc1n[nH]c(=O)n1CCCN1CCCC1. The van der Waals surface area contributed by atoms with Crippen LogP contribution in [0.5, 0.6) is 0 Å². The monoisotopic (exact) mass is 286 g/mol. The van der Waals surface area contributed by atoms with Gasteiger partial charge in [-0.05, 0) is 38.9 Å². The van der Waals surface area contributed by atoms with Crippen molar-refractivity contribution < 1.29 is 9.90 Å². The Kier molecular flexibility index (Phi) is 5.03. The summed E-state index contributed by atoms with van der Waals surface area (Å²) in [4.78, 5) is 24.5. The number of hydrogen-bond acceptors (Lipinski definition) is 5. The van der Waals surface area contributed by atoms with Gasteiger partial charge in [0.2, 0.25) is 0 Å². The first-order chi connectivity index (χ1) is 9.16. The first kappa shape index (κ1) is 14.1. The third-order valence-corrected chi connectivity index (χ3v) is 4.06. The van der Waals surface area contributed by atoms with Crippen molar-refractivity contribution in [2.45, 2.75) is 31.0 Å². The highest BCUT2D eigenvalue weighted by molar-refractivity contribution is 7.99. The minimum Gasteiger partial charge on any atom is -0.481 e. The summed E-state index contributed by atoms with van der Waals surface area (Å²) in [6.45, 7) is 3.83. The van der Waals surface area contributed by atoms with Gasteiger partial charge in [-0.25, -0.2) is 9.89 Å². The molecule has 0 radical (unpaired) electrons. The molecule has 1 fully saturated rings. The minimum atomic E-state index is -0.913. The summed E-state index contributed by atoms with van der Waals surface area (Å²) >= 11 is 1.07. The molecule has 0 unspecified atom stereocenters. The van der Waals surface area contributed by atoms with E-state index in [4.69, 9.17) is 5.11 Å². The van der Waals surface area contributed by atoms with E-state index in [0.717, 1.165) is 37.8 Å². The lowest BCUT2D eigenvalue weighted by Crippen LogP contribution is -2.24. The molecule has 0 aliphatic carbocycles. The molecule has 8 heteroatoms. The quantitative estimate of drug-likeness (QED) is 0.697. The van der Waals surface area contributed by atoms with Crippen LogP contribution < -0.4 is 5.69 Å². The maximum Gasteiger partial charge on any atom is 0.343 e. The van der Waals surface area contributed by atoms with Crippen molar-refractivity contribution in [1.29, 1.82) is 0 Å². The van der Waals surface area contributed by atoms with E-state index in [1.54, 1.807) is 0 Å². The van der Waals surface area contributed by atoms with Gasteiger partial charge in [-0.1, -0.05) is 11.8 Å². The normalized spacial score (nSPS) is 16.0. The fourth-order valence-electron chi connectivity index (χ4n) is 2.20. The molecule has 1 aromatic rings. The highest BCUT2D eigenvalue weighted by atomic mass is 32.2. The smallest absolute Gasteiger partial charge is 0.343 e. The zero-order valence-electron chi connectivity index (χ0n) is 10.7. The van der Waals surface area contributed by atoms with Crippen molar-refractivity contribution >= 4 is 17.7 Å². The predicted octanol–water partition coefficient (Wildman–Crippen LogP) is 0.234. The molecule has 1 aromatic heterocycles. The maximum absolute atomic E-state index is 11.6. The number of nitrogens with one attached hydrogen (secondary N) is 1. The van der Waals surface area contributed by atoms with Crippen LogP contribution in [0.1, 0.15) is 19.3 Å². The summed E-state index contributed by atoms with van der Waals surface area (Å²) < 4.78 is 1.52. The van der Waals surface area contributed by atoms with E-state index >= 15 is 0 Å². The Labute approximate surface area is 115 Å². The lowest BCUT2D eigenvalue weighted by molar-refractivity contribution is -0.133. The number of aromatic amines is 1. The summed E-state index contributed by atoms with van der Waals surface area (Å²) in [5.41, 5.74) is -0.269. The van der Waals surface area contributed by atoms with Crippen LogP contribution in [0, 0.1) is 0 Å². The van der Waals surface area contributed by atoms with Crippen molar-refractivity contribution in [2.24, 2.45) is 0 Å². The Morgan fingerprint density at radius 1 is 1.37 bits per heavy atom. The van der Waals surface area contributed by atoms with Gasteiger partial charge in [0.1, 0.15) is 0 Å². The highest BCUT2D eigenvalue weighted by Gasteiger charge is 2.13. The van der Waals surface area contributed by atoms with Gasteiger partial charge >= 0.3 is 11.7 Å². The molecule has 106 valence electrons. The van der Waals surface area contributed by atoms with Crippen molar-refractivity contribution in [3.8, 4) is 0 Å². The average Bonchev–Trinajstić information content (AvgIpc) is 2.99. The number of rotatable bonds is 7. The first-order valence-corrected chi connectivity index (χ1v) is 7.37.